The van der Waals surface area contributed by atoms with Crippen LogP contribution < -0.4 is 0 Å². The van der Waals surface area contributed by atoms with Crippen LogP contribution in [0, 0.1) is 0 Å². The third kappa shape index (κ3) is 2.50. The van der Waals surface area contributed by atoms with Crippen molar-refractivity contribution in [2.24, 2.45) is 0 Å². The van der Waals surface area contributed by atoms with E-state index in [2.05, 4.69) is 29.8 Å². The highest BCUT2D eigenvalue weighted by Gasteiger charge is 2.36. The number of hydrogen-bond acceptors (Lipinski definition) is 1. The molecule has 14 heavy (non-hydrogen) atoms. The van der Waals surface area contributed by atoms with Crippen molar-refractivity contribution in [1.29, 1.82) is 0 Å². The van der Waals surface area contributed by atoms with Gasteiger partial charge in [0.25, 0.3) is 0 Å². The predicted molar refractivity (Wildman–Crippen MR) is 62.6 cm³/mol. The second kappa shape index (κ2) is 4.21. The zero-order valence-corrected chi connectivity index (χ0v) is 11.1. The van der Waals surface area contributed by atoms with Crippen molar-refractivity contribution < 1.29 is 4.79 Å². The summed E-state index contributed by atoms with van der Waals surface area (Å²) in [7, 11) is 0. The molecule has 82 valence electrons. The van der Waals surface area contributed by atoms with E-state index in [1.165, 1.54) is 6.42 Å². The van der Waals surface area contributed by atoms with Crippen molar-refractivity contribution in [3.05, 3.63) is 0 Å². The van der Waals surface area contributed by atoms with Crippen LogP contribution in [0.15, 0.2) is 0 Å². The second-order valence-corrected chi connectivity index (χ2v) is 6.80. The normalized spacial score (nSPS) is 29.1. The third-order valence-corrected chi connectivity index (χ3v) is 3.28. The molecule has 0 aromatic carbocycles. The summed E-state index contributed by atoms with van der Waals surface area (Å²) in [6.45, 7) is 8.13. The summed E-state index contributed by atoms with van der Waals surface area (Å²) >= 11 is 3.44. The molecule has 1 amide bonds. The summed E-state index contributed by atoms with van der Waals surface area (Å²) in [5.41, 5.74) is 0. The zero-order valence-electron chi connectivity index (χ0n) is 9.51. The monoisotopic (exact) mass is 261 g/mol. The molecule has 2 unspecified atom stereocenters. The van der Waals surface area contributed by atoms with Crippen LogP contribution >= 0.6 is 15.9 Å². The SMILES string of the molecule is CC1CCCC(C)N1C(=O)C(C)(C)Br. The van der Waals surface area contributed by atoms with Crippen LogP contribution in [-0.2, 0) is 4.79 Å². The Kier molecular flexibility index (Phi) is 3.62. The van der Waals surface area contributed by atoms with Crippen molar-refractivity contribution >= 4 is 21.8 Å². The van der Waals surface area contributed by atoms with E-state index in [1.807, 2.05) is 18.7 Å². The standard InChI is InChI=1S/C11H20BrNO/c1-8-6-5-7-9(2)13(8)10(14)11(3,4)12/h8-9H,5-7H2,1-4H3. The molecule has 0 spiro atoms. The van der Waals surface area contributed by atoms with Gasteiger partial charge in [0.15, 0.2) is 0 Å². The molecule has 0 radical (unpaired) electrons. The van der Waals surface area contributed by atoms with E-state index in [0.29, 0.717) is 12.1 Å². The largest absolute Gasteiger partial charge is 0.336 e. The maximum Gasteiger partial charge on any atom is 0.239 e. The molecule has 1 heterocycles. The quantitative estimate of drug-likeness (QED) is 0.665. The van der Waals surface area contributed by atoms with Crippen LogP contribution in [-0.4, -0.2) is 27.2 Å². The van der Waals surface area contributed by atoms with Crippen molar-refractivity contribution in [3.63, 3.8) is 0 Å². The molecule has 0 saturated carbocycles. The summed E-state index contributed by atoms with van der Waals surface area (Å²) in [6, 6.07) is 0.783. The number of carbonyl (C=O) groups is 1. The first-order valence-corrected chi connectivity index (χ1v) is 6.15. The predicted octanol–water partition coefficient (Wildman–Crippen LogP) is 2.95. The van der Waals surface area contributed by atoms with Gasteiger partial charge in [0, 0.05) is 12.1 Å². The highest BCUT2D eigenvalue weighted by molar-refractivity contribution is 9.10. The molecule has 0 aliphatic carbocycles. The van der Waals surface area contributed by atoms with E-state index in [4.69, 9.17) is 0 Å². The van der Waals surface area contributed by atoms with Crippen LogP contribution in [0.4, 0.5) is 0 Å². The molecule has 2 atom stereocenters. The topological polar surface area (TPSA) is 20.3 Å². The van der Waals surface area contributed by atoms with Gasteiger partial charge in [-0.15, -0.1) is 0 Å². The summed E-state index contributed by atoms with van der Waals surface area (Å²) in [4.78, 5) is 14.2. The van der Waals surface area contributed by atoms with Gasteiger partial charge in [-0.25, -0.2) is 0 Å². The zero-order chi connectivity index (χ0) is 10.9. The van der Waals surface area contributed by atoms with Gasteiger partial charge in [0.05, 0.1) is 4.32 Å². The fourth-order valence-electron chi connectivity index (χ4n) is 2.13. The molecule has 1 fully saturated rings. The Balaban J connectivity index is 2.78. The summed E-state index contributed by atoms with van der Waals surface area (Å²) in [5, 5.41) is 0. The van der Waals surface area contributed by atoms with Gasteiger partial charge in [-0.05, 0) is 47.0 Å². The van der Waals surface area contributed by atoms with Crippen LogP contribution in [0.2, 0.25) is 0 Å². The molecule has 0 aromatic rings. The van der Waals surface area contributed by atoms with E-state index >= 15 is 0 Å². The molecule has 0 aromatic heterocycles. The fraction of sp³-hybridized carbons (Fsp3) is 0.909. The number of halogens is 1. The molecule has 1 saturated heterocycles. The molecular formula is C11H20BrNO. The summed E-state index contributed by atoms with van der Waals surface area (Å²) < 4.78 is -0.424. The van der Waals surface area contributed by atoms with E-state index in [9.17, 15) is 4.79 Å². The maximum absolute atomic E-state index is 12.1. The Morgan fingerprint density at radius 3 is 2.07 bits per heavy atom. The Morgan fingerprint density at radius 1 is 1.29 bits per heavy atom. The van der Waals surface area contributed by atoms with Crippen LogP contribution in [0.5, 0.6) is 0 Å². The summed E-state index contributed by atoms with van der Waals surface area (Å²) in [6.07, 6.45) is 3.52. The molecule has 3 heteroatoms. The highest BCUT2D eigenvalue weighted by Crippen LogP contribution is 2.28. The summed E-state index contributed by atoms with van der Waals surface area (Å²) in [5.74, 6) is 0.220. The van der Waals surface area contributed by atoms with Gasteiger partial charge < -0.3 is 4.90 Å². The number of carbonyl (C=O) groups excluding carboxylic acids is 1. The number of piperidine rings is 1. The van der Waals surface area contributed by atoms with E-state index in [-0.39, 0.29) is 5.91 Å². The van der Waals surface area contributed by atoms with E-state index < -0.39 is 4.32 Å². The Bertz CT molecular complexity index is 212. The van der Waals surface area contributed by atoms with Crippen molar-refractivity contribution in [1.82, 2.24) is 4.90 Å². The van der Waals surface area contributed by atoms with E-state index in [1.54, 1.807) is 0 Å². The van der Waals surface area contributed by atoms with Gasteiger partial charge in [0.1, 0.15) is 0 Å². The number of rotatable bonds is 1. The average Bonchev–Trinajstić information content (AvgIpc) is 2.01. The minimum absolute atomic E-state index is 0.220. The van der Waals surface area contributed by atoms with Gasteiger partial charge >= 0.3 is 0 Å². The number of likely N-dealkylation sites (tertiary alicyclic amines) is 1. The first-order valence-electron chi connectivity index (χ1n) is 5.35. The molecule has 1 rings (SSSR count). The highest BCUT2D eigenvalue weighted by atomic mass is 79.9. The minimum atomic E-state index is -0.424. The number of alkyl halides is 1. The van der Waals surface area contributed by atoms with Crippen LogP contribution in [0.1, 0.15) is 47.0 Å². The van der Waals surface area contributed by atoms with Crippen LogP contribution in [0.3, 0.4) is 0 Å². The molecular weight excluding hydrogens is 242 g/mol. The molecule has 2 nitrogen and oxygen atoms in total. The lowest BCUT2D eigenvalue weighted by molar-refractivity contribution is -0.138. The van der Waals surface area contributed by atoms with Gasteiger partial charge in [-0.3, -0.25) is 4.79 Å². The third-order valence-electron chi connectivity index (χ3n) is 2.94. The Labute approximate surface area is 95.2 Å². The number of nitrogens with zero attached hydrogens (tertiary/aromatic N) is 1. The molecule has 1 aliphatic rings. The van der Waals surface area contributed by atoms with Crippen LogP contribution in [0.25, 0.3) is 0 Å². The average molecular weight is 262 g/mol. The first kappa shape index (κ1) is 12.0. The maximum atomic E-state index is 12.1. The lowest BCUT2D eigenvalue weighted by Gasteiger charge is -2.41. The second-order valence-electron chi connectivity index (χ2n) is 4.81. The number of amides is 1. The smallest absolute Gasteiger partial charge is 0.239 e. The van der Waals surface area contributed by atoms with Gasteiger partial charge in [0.2, 0.25) is 5.91 Å². The van der Waals surface area contributed by atoms with Crippen molar-refractivity contribution in [3.8, 4) is 0 Å². The molecule has 0 bridgehead atoms. The van der Waals surface area contributed by atoms with Gasteiger partial charge in [-0.2, -0.15) is 0 Å². The first-order chi connectivity index (χ1) is 6.34. The lowest BCUT2D eigenvalue weighted by atomic mass is 9.96. The molecule has 0 N–H and O–H groups in total. The Morgan fingerprint density at radius 2 is 1.71 bits per heavy atom. The van der Waals surface area contributed by atoms with E-state index in [0.717, 1.165) is 12.8 Å². The minimum Gasteiger partial charge on any atom is -0.336 e. The molecule has 1 aliphatic heterocycles. The van der Waals surface area contributed by atoms with Gasteiger partial charge in [-0.1, -0.05) is 15.9 Å². The van der Waals surface area contributed by atoms with Crippen molar-refractivity contribution in [2.45, 2.75) is 63.4 Å². The fourth-order valence-corrected chi connectivity index (χ4v) is 2.33. The number of hydrogen-bond donors (Lipinski definition) is 0. The van der Waals surface area contributed by atoms with Crippen molar-refractivity contribution in [2.75, 3.05) is 0 Å². The Hall–Kier alpha value is -0.0500. The lowest BCUT2D eigenvalue weighted by Crippen LogP contribution is -2.52.